The quantitative estimate of drug-likeness (QED) is 0.337. The number of ether oxygens (including phenoxy) is 3. The number of morpholine rings is 1. The second kappa shape index (κ2) is 11.8. The third-order valence-electron chi connectivity index (χ3n) is 6.98. The number of rotatable bonds is 10. The van der Waals surface area contributed by atoms with E-state index in [-0.39, 0.29) is 31.3 Å². The summed E-state index contributed by atoms with van der Waals surface area (Å²) in [5.74, 6) is 0.541. The van der Waals surface area contributed by atoms with Crippen molar-refractivity contribution in [1.29, 1.82) is 0 Å². The summed E-state index contributed by atoms with van der Waals surface area (Å²) in [7, 11) is -4.37. The van der Waals surface area contributed by atoms with Gasteiger partial charge in [-0.1, -0.05) is 13.0 Å². The van der Waals surface area contributed by atoms with Gasteiger partial charge in [-0.15, -0.1) is 10.2 Å². The highest BCUT2D eigenvalue weighted by molar-refractivity contribution is 7.91. The molecule has 0 bridgehead atoms. The van der Waals surface area contributed by atoms with Gasteiger partial charge in [-0.3, -0.25) is 4.57 Å². The summed E-state index contributed by atoms with van der Waals surface area (Å²) in [4.78, 5) is 8.62. The van der Waals surface area contributed by atoms with E-state index in [1.54, 1.807) is 44.4 Å². The molecule has 3 aromatic rings. The maximum absolute atomic E-state index is 13.7. The molecule has 40 heavy (non-hydrogen) atoms. The lowest BCUT2D eigenvalue weighted by Gasteiger charge is -2.31. The highest BCUT2D eigenvalue weighted by Crippen LogP contribution is 2.37. The highest BCUT2D eigenvalue weighted by Gasteiger charge is 2.36. The molecule has 1 aliphatic heterocycles. The zero-order chi connectivity index (χ0) is 29.2. The molecule has 0 saturated carbocycles. The van der Waals surface area contributed by atoms with E-state index in [1.807, 2.05) is 6.92 Å². The Bertz CT molecular complexity index is 1540. The van der Waals surface area contributed by atoms with Crippen LogP contribution >= 0.6 is 0 Å². The van der Waals surface area contributed by atoms with Gasteiger partial charge in [0.05, 0.1) is 32.3 Å². The zero-order valence-electron chi connectivity index (χ0n) is 23.3. The van der Waals surface area contributed by atoms with Crippen molar-refractivity contribution in [2.45, 2.75) is 43.8 Å². The number of aromatic nitrogens is 5. The zero-order valence-corrected chi connectivity index (χ0v) is 24.9. The fraction of sp³-hybridized carbons (Fsp3) is 0.520. The number of sulfone groups is 1. The molecule has 13 nitrogen and oxygen atoms in total. The third kappa shape index (κ3) is 6.11. The molecule has 0 spiro atoms. The van der Waals surface area contributed by atoms with Gasteiger partial charge in [0.15, 0.2) is 21.5 Å². The fourth-order valence-electron chi connectivity index (χ4n) is 4.48. The summed E-state index contributed by atoms with van der Waals surface area (Å²) in [5, 5.41) is 7.71. The van der Waals surface area contributed by atoms with Crippen LogP contribution in [0.3, 0.4) is 0 Å². The summed E-state index contributed by atoms with van der Waals surface area (Å²) in [6, 6.07) is 5.13. The van der Waals surface area contributed by atoms with Crippen LogP contribution in [0.5, 0.6) is 11.5 Å². The number of methoxy groups -OCH3 is 2. The van der Waals surface area contributed by atoms with Crippen LogP contribution in [0.25, 0.3) is 5.69 Å². The van der Waals surface area contributed by atoms with Gasteiger partial charge in [0.2, 0.25) is 10.0 Å². The van der Waals surface area contributed by atoms with Crippen LogP contribution in [-0.2, 0) is 30.4 Å². The number of benzene rings is 1. The smallest absolute Gasteiger partial charge is 0.211 e. The number of aryl methyl sites for hydroxylation is 1. The van der Waals surface area contributed by atoms with Crippen LogP contribution in [0, 0.1) is 6.92 Å². The molecule has 1 aromatic carbocycles. The van der Waals surface area contributed by atoms with E-state index >= 15 is 0 Å². The van der Waals surface area contributed by atoms with Crippen molar-refractivity contribution < 1.29 is 31.0 Å². The van der Waals surface area contributed by atoms with Crippen LogP contribution in [0.2, 0.25) is 0 Å². The highest BCUT2D eigenvalue weighted by atomic mass is 32.2. The third-order valence-corrected chi connectivity index (χ3v) is 10.4. The van der Waals surface area contributed by atoms with Gasteiger partial charge in [-0.25, -0.2) is 26.8 Å². The molecule has 0 N–H and O–H groups in total. The predicted molar refractivity (Wildman–Crippen MR) is 147 cm³/mol. The van der Waals surface area contributed by atoms with Crippen LogP contribution in [0.4, 0.5) is 0 Å². The first-order valence-electron chi connectivity index (χ1n) is 12.6. The van der Waals surface area contributed by atoms with Gasteiger partial charge in [-0.05, 0) is 31.5 Å². The van der Waals surface area contributed by atoms with E-state index in [0.29, 0.717) is 23.0 Å². The lowest BCUT2D eigenvalue weighted by atomic mass is 10.1. The number of sulfonamides is 1. The van der Waals surface area contributed by atoms with Crippen LogP contribution in [0.15, 0.2) is 30.6 Å². The predicted octanol–water partition coefficient (Wildman–Crippen LogP) is 1.82. The number of para-hydroxylation sites is 1. The lowest BCUT2D eigenvalue weighted by molar-refractivity contribution is -0.00836. The summed E-state index contributed by atoms with van der Waals surface area (Å²) in [5.41, 5.74) is 1.25. The lowest BCUT2D eigenvalue weighted by Crippen LogP contribution is -2.42. The molecule has 218 valence electrons. The molecule has 0 amide bonds. The van der Waals surface area contributed by atoms with Crippen molar-refractivity contribution in [2.75, 3.05) is 40.2 Å². The van der Waals surface area contributed by atoms with Gasteiger partial charge in [0.25, 0.3) is 0 Å². The summed E-state index contributed by atoms with van der Waals surface area (Å²) in [6.45, 7) is 5.55. The largest absolute Gasteiger partial charge is 0.494 e. The normalized spacial score (nSPS) is 18.3. The minimum atomic E-state index is -3.82. The van der Waals surface area contributed by atoms with E-state index < -0.39 is 42.9 Å². The Morgan fingerprint density at radius 1 is 1.05 bits per heavy atom. The van der Waals surface area contributed by atoms with E-state index in [2.05, 4.69) is 20.2 Å². The molecular weight excluding hydrogens is 560 g/mol. The molecule has 0 radical (unpaired) electrons. The summed E-state index contributed by atoms with van der Waals surface area (Å²) >= 11 is 0. The average Bonchev–Trinajstić information content (AvgIpc) is 3.33. The molecule has 1 fully saturated rings. The van der Waals surface area contributed by atoms with Gasteiger partial charge < -0.3 is 14.2 Å². The van der Waals surface area contributed by atoms with E-state index in [1.165, 1.54) is 23.1 Å². The van der Waals surface area contributed by atoms with Crippen molar-refractivity contribution in [2.24, 2.45) is 0 Å². The molecular formula is C25H34N6O7S2. The standard InChI is InChI=1S/C25H34N6O7S2/c1-16-12-26-24(27-13-16)17(2)18(3)40(34,35)15-22-28-29-25(21-14-30(10-11-38-21)39(6,32)33)31(22)23-19(36-4)8-7-9-20(23)37-5/h7-9,12-13,17-18,21H,10-11,14-15H2,1-6H3/t17-,18-,21-/m0/s1. The van der Waals surface area contributed by atoms with Crippen molar-refractivity contribution >= 4 is 19.9 Å². The maximum Gasteiger partial charge on any atom is 0.211 e. The van der Waals surface area contributed by atoms with Gasteiger partial charge in [-0.2, -0.15) is 4.31 Å². The molecule has 1 aliphatic rings. The molecule has 15 heteroatoms. The van der Waals surface area contributed by atoms with E-state index in [4.69, 9.17) is 14.2 Å². The Balaban J connectivity index is 1.80. The number of hydrogen-bond acceptors (Lipinski definition) is 11. The molecule has 4 rings (SSSR count). The Labute approximate surface area is 234 Å². The van der Waals surface area contributed by atoms with E-state index in [0.717, 1.165) is 11.8 Å². The first-order chi connectivity index (χ1) is 18.9. The van der Waals surface area contributed by atoms with Crippen LogP contribution in [-0.4, -0.2) is 91.3 Å². The first-order valence-corrected chi connectivity index (χ1v) is 16.2. The fourth-order valence-corrected chi connectivity index (χ4v) is 6.85. The molecule has 2 aromatic heterocycles. The molecule has 3 atom stereocenters. The Hall–Kier alpha value is -3.14. The van der Waals surface area contributed by atoms with Gasteiger partial charge in [0.1, 0.15) is 34.9 Å². The number of hydrogen-bond donors (Lipinski definition) is 0. The Morgan fingerprint density at radius 3 is 2.25 bits per heavy atom. The van der Waals surface area contributed by atoms with Crippen LogP contribution < -0.4 is 9.47 Å². The Morgan fingerprint density at radius 2 is 1.68 bits per heavy atom. The molecule has 0 unspecified atom stereocenters. The Kier molecular flexibility index (Phi) is 8.77. The van der Waals surface area contributed by atoms with Crippen LogP contribution in [0.1, 0.15) is 48.9 Å². The average molecular weight is 595 g/mol. The van der Waals surface area contributed by atoms with Gasteiger partial charge in [0, 0.05) is 31.4 Å². The topological polar surface area (TPSA) is 156 Å². The van der Waals surface area contributed by atoms with Crippen molar-refractivity contribution in [3.8, 4) is 17.2 Å². The molecule has 3 heterocycles. The monoisotopic (exact) mass is 594 g/mol. The molecule has 1 saturated heterocycles. The minimum Gasteiger partial charge on any atom is -0.494 e. The molecule has 0 aliphatic carbocycles. The van der Waals surface area contributed by atoms with Crippen molar-refractivity contribution in [1.82, 2.24) is 29.0 Å². The SMILES string of the molecule is COc1cccc(OC)c1-n1c(CS(=O)(=O)[C@@H](C)[C@H](C)c2ncc(C)cn2)nnc1[C@@H]1CN(S(C)(=O)=O)CCO1. The minimum absolute atomic E-state index is 0.0145. The maximum atomic E-state index is 13.7. The van der Waals surface area contributed by atoms with Gasteiger partial charge >= 0.3 is 0 Å². The second-order valence-electron chi connectivity index (χ2n) is 9.72. The summed E-state index contributed by atoms with van der Waals surface area (Å²) in [6.07, 6.45) is 3.61. The first kappa shape index (κ1) is 29.8. The second-order valence-corrected chi connectivity index (χ2v) is 14.1. The summed E-state index contributed by atoms with van der Waals surface area (Å²) < 4.78 is 72.0. The van der Waals surface area contributed by atoms with Crippen molar-refractivity contribution in [3.63, 3.8) is 0 Å². The van der Waals surface area contributed by atoms with E-state index in [9.17, 15) is 16.8 Å². The number of nitrogens with zero attached hydrogens (tertiary/aromatic N) is 6. The van der Waals surface area contributed by atoms with Crippen molar-refractivity contribution in [3.05, 3.63) is 53.6 Å².